The van der Waals surface area contributed by atoms with Gasteiger partial charge in [0.25, 0.3) is 0 Å². The van der Waals surface area contributed by atoms with Crippen LogP contribution in [0.5, 0.6) is 0 Å². The van der Waals surface area contributed by atoms with Crippen LogP contribution in [0.3, 0.4) is 0 Å². The average Bonchev–Trinajstić information content (AvgIpc) is 2.31. The highest BCUT2D eigenvalue weighted by Crippen LogP contribution is 2.17. The van der Waals surface area contributed by atoms with Gasteiger partial charge < -0.3 is 9.64 Å². The third-order valence-electron chi connectivity index (χ3n) is 1.78. The minimum absolute atomic E-state index is 0.0903. The third kappa shape index (κ3) is 3.43. The summed E-state index contributed by atoms with van der Waals surface area (Å²) in [6, 6.07) is 0. The molecule has 0 bridgehead atoms. The van der Waals surface area contributed by atoms with E-state index in [4.69, 9.17) is 16.3 Å². The smallest absolute Gasteiger partial charge is 0.410 e. The predicted octanol–water partition coefficient (Wildman–Crippen LogP) is 2.23. The Morgan fingerprint density at radius 2 is 2.15 bits per heavy atom. The van der Waals surface area contributed by atoms with Crippen molar-refractivity contribution in [3.05, 3.63) is 0 Å². The second kappa shape index (κ2) is 3.74. The number of alkyl halides is 1. The van der Waals surface area contributed by atoms with E-state index in [0.717, 1.165) is 6.42 Å². The Kier molecular flexibility index (Phi) is 3.06. The molecule has 0 saturated carbocycles. The SMILES string of the molecule is CC(C)(C)OC(=O)N1CC[C@H](Cl)C1. The van der Waals surface area contributed by atoms with Crippen LogP contribution < -0.4 is 0 Å². The summed E-state index contributed by atoms with van der Waals surface area (Å²) in [4.78, 5) is 13.1. The zero-order valence-corrected chi connectivity index (χ0v) is 9.10. The predicted molar refractivity (Wildman–Crippen MR) is 52.1 cm³/mol. The first kappa shape index (κ1) is 10.6. The number of likely N-dealkylation sites (tertiary alicyclic amines) is 1. The molecule has 0 aromatic heterocycles. The van der Waals surface area contributed by atoms with Crippen LogP contribution >= 0.6 is 11.6 Å². The Morgan fingerprint density at radius 1 is 1.54 bits per heavy atom. The lowest BCUT2D eigenvalue weighted by Gasteiger charge is -2.24. The fourth-order valence-electron chi connectivity index (χ4n) is 1.21. The number of ether oxygens (including phenoxy) is 1. The summed E-state index contributed by atoms with van der Waals surface area (Å²) < 4.78 is 5.20. The van der Waals surface area contributed by atoms with Gasteiger partial charge >= 0.3 is 6.09 Å². The fraction of sp³-hybridized carbons (Fsp3) is 0.889. The quantitative estimate of drug-likeness (QED) is 0.568. The number of carbonyl (C=O) groups is 1. The maximum absolute atomic E-state index is 11.5. The Labute approximate surface area is 84.0 Å². The topological polar surface area (TPSA) is 29.5 Å². The van der Waals surface area contributed by atoms with Crippen LogP contribution in [0.15, 0.2) is 0 Å². The van der Waals surface area contributed by atoms with E-state index in [1.807, 2.05) is 20.8 Å². The van der Waals surface area contributed by atoms with Crippen molar-refractivity contribution in [1.82, 2.24) is 4.90 Å². The van der Waals surface area contributed by atoms with Crippen LogP contribution in [0, 0.1) is 0 Å². The summed E-state index contributed by atoms with van der Waals surface area (Å²) >= 11 is 5.87. The molecule has 3 nitrogen and oxygen atoms in total. The Balaban J connectivity index is 2.41. The summed E-state index contributed by atoms with van der Waals surface area (Å²) in [5.74, 6) is 0. The van der Waals surface area contributed by atoms with Crippen molar-refractivity contribution in [1.29, 1.82) is 0 Å². The van der Waals surface area contributed by atoms with Crippen LogP contribution in [0.4, 0.5) is 4.79 Å². The van der Waals surface area contributed by atoms with Crippen LogP contribution in [0.1, 0.15) is 27.2 Å². The normalized spacial score (nSPS) is 23.4. The molecular weight excluding hydrogens is 190 g/mol. The van der Waals surface area contributed by atoms with Crippen LogP contribution in [0.25, 0.3) is 0 Å². The molecule has 0 N–H and O–H groups in total. The van der Waals surface area contributed by atoms with Crippen molar-refractivity contribution in [3.63, 3.8) is 0 Å². The molecule has 0 unspecified atom stereocenters. The highest BCUT2D eigenvalue weighted by atomic mass is 35.5. The largest absolute Gasteiger partial charge is 0.444 e. The maximum Gasteiger partial charge on any atom is 0.410 e. The van der Waals surface area contributed by atoms with Crippen molar-refractivity contribution >= 4 is 17.7 Å². The standard InChI is InChI=1S/C9H16ClNO2/c1-9(2,3)13-8(12)11-5-4-7(10)6-11/h7H,4-6H2,1-3H3/t7-/m0/s1. The van der Waals surface area contributed by atoms with Crippen LogP contribution in [-0.2, 0) is 4.74 Å². The van der Waals surface area contributed by atoms with Gasteiger partial charge in [-0.25, -0.2) is 4.79 Å². The molecule has 1 atom stereocenters. The van der Waals surface area contributed by atoms with E-state index >= 15 is 0 Å². The second-order valence-corrected chi connectivity index (χ2v) is 4.93. The second-order valence-electron chi connectivity index (χ2n) is 4.31. The number of carbonyl (C=O) groups excluding carboxylic acids is 1. The Bertz CT molecular complexity index is 200. The van der Waals surface area contributed by atoms with Crippen molar-refractivity contribution in [2.24, 2.45) is 0 Å². The van der Waals surface area contributed by atoms with Crippen LogP contribution in [-0.4, -0.2) is 35.1 Å². The molecule has 0 aromatic rings. The molecule has 13 heavy (non-hydrogen) atoms. The number of amides is 1. The van der Waals surface area contributed by atoms with Gasteiger partial charge in [-0.3, -0.25) is 0 Å². The lowest BCUT2D eigenvalue weighted by Crippen LogP contribution is -2.35. The number of halogens is 1. The molecule has 1 rings (SSSR count). The molecule has 1 saturated heterocycles. The van der Waals surface area contributed by atoms with Crippen molar-refractivity contribution in [2.75, 3.05) is 13.1 Å². The van der Waals surface area contributed by atoms with E-state index in [1.54, 1.807) is 4.90 Å². The molecule has 76 valence electrons. The summed E-state index contributed by atoms with van der Waals surface area (Å²) in [5.41, 5.74) is -0.415. The Hall–Kier alpha value is -0.440. The molecule has 0 aliphatic carbocycles. The van der Waals surface area contributed by atoms with Crippen LogP contribution in [0.2, 0.25) is 0 Å². The first-order valence-corrected chi connectivity index (χ1v) is 4.94. The molecule has 1 aliphatic rings. The monoisotopic (exact) mass is 205 g/mol. The highest BCUT2D eigenvalue weighted by Gasteiger charge is 2.28. The molecule has 1 amide bonds. The maximum atomic E-state index is 11.5. The summed E-state index contributed by atoms with van der Waals surface area (Å²) in [7, 11) is 0. The first-order chi connectivity index (χ1) is 5.88. The lowest BCUT2D eigenvalue weighted by molar-refractivity contribution is 0.0295. The van der Waals surface area contributed by atoms with E-state index in [1.165, 1.54) is 0 Å². The van der Waals surface area contributed by atoms with E-state index in [9.17, 15) is 4.79 Å². The lowest BCUT2D eigenvalue weighted by atomic mass is 10.2. The van der Waals surface area contributed by atoms with Crippen molar-refractivity contribution in [3.8, 4) is 0 Å². The molecule has 0 spiro atoms. The fourth-order valence-corrected chi connectivity index (χ4v) is 1.47. The van der Waals surface area contributed by atoms with Crippen molar-refractivity contribution in [2.45, 2.75) is 38.2 Å². The number of rotatable bonds is 0. The molecule has 4 heteroatoms. The molecule has 0 aromatic carbocycles. The molecule has 1 fully saturated rings. The summed E-state index contributed by atoms with van der Waals surface area (Å²) in [6.45, 7) is 6.90. The van der Waals surface area contributed by atoms with Gasteiger partial charge in [-0.15, -0.1) is 11.6 Å². The van der Waals surface area contributed by atoms with Gasteiger partial charge in [-0.05, 0) is 27.2 Å². The number of nitrogens with zero attached hydrogens (tertiary/aromatic N) is 1. The Morgan fingerprint density at radius 3 is 2.54 bits per heavy atom. The summed E-state index contributed by atoms with van der Waals surface area (Å²) in [6.07, 6.45) is 0.608. The zero-order valence-electron chi connectivity index (χ0n) is 8.34. The van der Waals surface area contributed by atoms with Gasteiger partial charge in [0.05, 0.1) is 5.38 Å². The molecular formula is C9H16ClNO2. The van der Waals surface area contributed by atoms with Gasteiger partial charge in [0.15, 0.2) is 0 Å². The minimum atomic E-state index is -0.415. The van der Waals surface area contributed by atoms with E-state index in [2.05, 4.69) is 0 Å². The van der Waals surface area contributed by atoms with E-state index in [-0.39, 0.29) is 11.5 Å². The average molecular weight is 206 g/mol. The van der Waals surface area contributed by atoms with E-state index in [0.29, 0.717) is 13.1 Å². The molecule has 1 heterocycles. The third-order valence-corrected chi connectivity index (χ3v) is 2.14. The van der Waals surface area contributed by atoms with Gasteiger partial charge in [-0.2, -0.15) is 0 Å². The van der Waals surface area contributed by atoms with Gasteiger partial charge in [0, 0.05) is 13.1 Å². The molecule has 1 aliphatic heterocycles. The van der Waals surface area contributed by atoms with Gasteiger partial charge in [-0.1, -0.05) is 0 Å². The molecule has 0 radical (unpaired) electrons. The highest BCUT2D eigenvalue weighted by molar-refractivity contribution is 6.21. The number of hydrogen-bond acceptors (Lipinski definition) is 2. The number of hydrogen-bond donors (Lipinski definition) is 0. The zero-order chi connectivity index (χ0) is 10.1. The van der Waals surface area contributed by atoms with Gasteiger partial charge in [0.2, 0.25) is 0 Å². The van der Waals surface area contributed by atoms with Crippen molar-refractivity contribution < 1.29 is 9.53 Å². The first-order valence-electron chi connectivity index (χ1n) is 4.50. The van der Waals surface area contributed by atoms with E-state index < -0.39 is 5.60 Å². The summed E-state index contributed by atoms with van der Waals surface area (Å²) in [5, 5.41) is 0.0903. The van der Waals surface area contributed by atoms with Gasteiger partial charge in [0.1, 0.15) is 5.60 Å². The minimum Gasteiger partial charge on any atom is -0.444 e.